The molecule has 1 rings (SSSR count). The minimum Gasteiger partial charge on any atom is -0.380 e. The molecule has 0 fully saturated rings. The number of nitrogens with one attached hydrogen (secondary N) is 2. The van der Waals surface area contributed by atoms with E-state index in [9.17, 15) is 4.79 Å². The minimum atomic E-state index is -0.235. The average molecular weight is 331 g/mol. The zero-order valence-electron chi connectivity index (χ0n) is 10.9. The summed E-state index contributed by atoms with van der Waals surface area (Å²) < 4.78 is 6.08. The van der Waals surface area contributed by atoms with Gasteiger partial charge in [-0.25, -0.2) is 10.8 Å². The van der Waals surface area contributed by atoms with E-state index in [1.54, 1.807) is 12.3 Å². The Labute approximate surface area is 121 Å². The summed E-state index contributed by atoms with van der Waals surface area (Å²) in [6.45, 7) is 3.78. The lowest BCUT2D eigenvalue weighted by atomic mass is 10.2. The zero-order valence-corrected chi connectivity index (χ0v) is 12.5. The molecule has 0 saturated carbocycles. The maximum atomic E-state index is 11.9. The summed E-state index contributed by atoms with van der Waals surface area (Å²) in [7, 11) is 0. The maximum absolute atomic E-state index is 11.9. The topological polar surface area (TPSA) is 89.3 Å². The molecule has 0 spiro atoms. The van der Waals surface area contributed by atoms with E-state index in [0.717, 1.165) is 23.9 Å². The van der Waals surface area contributed by atoms with Crippen LogP contribution in [-0.4, -0.2) is 30.6 Å². The quantitative estimate of drug-likeness (QED) is 0.383. The monoisotopic (exact) mass is 330 g/mol. The van der Waals surface area contributed by atoms with Gasteiger partial charge in [0.05, 0.1) is 12.2 Å². The molecule has 0 aliphatic carbocycles. The third-order valence-corrected chi connectivity index (χ3v) is 2.84. The smallest absolute Gasteiger partial charge is 0.255 e. The summed E-state index contributed by atoms with van der Waals surface area (Å²) in [6, 6.07) is 1.66. The molecule has 1 heterocycles. The first kappa shape index (κ1) is 15.9. The van der Waals surface area contributed by atoms with Gasteiger partial charge in [-0.1, -0.05) is 13.3 Å². The van der Waals surface area contributed by atoms with Crippen LogP contribution in [0.15, 0.2) is 16.7 Å². The van der Waals surface area contributed by atoms with Crippen LogP contribution in [0.1, 0.15) is 30.1 Å². The van der Waals surface area contributed by atoms with Crippen LogP contribution in [0.4, 0.5) is 5.82 Å². The van der Waals surface area contributed by atoms with Crippen LogP contribution in [0.3, 0.4) is 0 Å². The standard InChI is InChI=1S/C12H19BrN4O2/c1-2-3-5-19-6-4-15-12(18)10-7-9(13)8-16-11(10)17-14/h7-8H,2-6,14H2,1H3,(H,15,18)(H,16,17). The van der Waals surface area contributed by atoms with Crippen molar-refractivity contribution in [3.8, 4) is 0 Å². The lowest BCUT2D eigenvalue weighted by Crippen LogP contribution is -2.29. The highest BCUT2D eigenvalue weighted by Gasteiger charge is 2.12. The molecule has 19 heavy (non-hydrogen) atoms. The van der Waals surface area contributed by atoms with Gasteiger partial charge < -0.3 is 15.5 Å². The average Bonchev–Trinajstić information content (AvgIpc) is 2.42. The number of hydrazine groups is 1. The molecule has 7 heteroatoms. The van der Waals surface area contributed by atoms with Crippen LogP contribution in [0, 0.1) is 0 Å². The molecule has 0 aliphatic rings. The van der Waals surface area contributed by atoms with Gasteiger partial charge in [-0.15, -0.1) is 0 Å². The molecule has 0 unspecified atom stereocenters. The maximum Gasteiger partial charge on any atom is 0.255 e. The first-order valence-electron chi connectivity index (χ1n) is 6.17. The number of carbonyl (C=O) groups is 1. The van der Waals surface area contributed by atoms with Gasteiger partial charge in [0.1, 0.15) is 0 Å². The van der Waals surface area contributed by atoms with Crippen molar-refractivity contribution >= 4 is 27.7 Å². The summed E-state index contributed by atoms with van der Waals surface area (Å²) in [5, 5.41) is 2.76. The van der Waals surface area contributed by atoms with Crippen LogP contribution >= 0.6 is 15.9 Å². The summed E-state index contributed by atoms with van der Waals surface area (Å²) in [5.74, 6) is 5.42. The minimum absolute atomic E-state index is 0.235. The number of nitrogen functional groups attached to an aromatic ring is 1. The van der Waals surface area contributed by atoms with Gasteiger partial charge in [0, 0.05) is 23.8 Å². The number of nitrogens with two attached hydrogens (primary N) is 1. The molecule has 6 nitrogen and oxygen atoms in total. The second kappa shape index (κ2) is 8.84. The fraction of sp³-hybridized carbons (Fsp3) is 0.500. The number of anilines is 1. The molecule has 0 atom stereocenters. The summed E-state index contributed by atoms with van der Waals surface area (Å²) in [6.07, 6.45) is 3.70. The molecule has 1 amide bonds. The Kier molecular flexibility index (Phi) is 7.39. The van der Waals surface area contributed by atoms with Gasteiger partial charge in [0.25, 0.3) is 5.91 Å². The van der Waals surface area contributed by atoms with Crippen LogP contribution < -0.4 is 16.6 Å². The number of aromatic nitrogens is 1. The highest BCUT2D eigenvalue weighted by molar-refractivity contribution is 9.10. The van der Waals surface area contributed by atoms with Crippen LogP contribution in [0.2, 0.25) is 0 Å². The largest absolute Gasteiger partial charge is 0.380 e. The van der Waals surface area contributed by atoms with Gasteiger partial charge >= 0.3 is 0 Å². The second-order valence-electron chi connectivity index (χ2n) is 3.92. The van der Waals surface area contributed by atoms with E-state index < -0.39 is 0 Å². The molecular weight excluding hydrogens is 312 g/mol. The third kappa shape index (κ3) is 5.54. The molecule has 1 aromatic rings. The number of hydrogen-bond acceptors (Lipinski definition) is 5. The summed E-state index contributed by atoms with van der Waals surface area (Å²) in [4.78, 5) is 16.0. The number of halogens is 1. The Hall–Kier alpha value is -1.18. The van der Waals surface area contributed by atoms with Crippen LogP contribution in [0.25, 0.3) is 0 Å². The van der Waals surface area contributed by atoms with Gasteiger partial charge in [-0.3, -0.25) is 4.79 Å². The van der Waals surface area contributed by atoms with Crippen LogP contribution in [-0.2, 0) is 4.74 Å². The molecule has 0 aliphatic heterocycles. The van der Waals surface area contributed by atoms with Gasteiger partial charge in [-0.2, -0.15) is 0 Å². The van der Waals surface area contributed by atoms with Crippen molar-refractivity contribution in [2.45, 2.75) is 19.8 Å². The van der Waals surface area contributed by atoms with E-state index in [1.165, 1.54) is 0 Å². The molecule has 0 aromatic carbocycles. The normalized spacial score (nSPS) is 10.3. The molecule has 0 saturated heterocycles. The van der Waals surface area contributed by atoms with Crippen molar-refractivity contribution in [1.82, 2.24) is 10.3 Å². The molecule has 0 bridgehead atoms. The van der Waals surface area contributed by atoms with Crippen LogP contribution in [0.5, 0.6) is 0 Å². The number of unbranched alkanes of at least 4 members (excludes halogenated alkanes) is 1. The highest BCUT2D eigenvalue weighted by Crippen LogP contribution is 2.16. The van der Waals surface area contributed by atoms with Crippen molar-refractivity contribution in [2.24, 2.45) is 5.84 Å². The predicted octanol–water partition coefficient (Wildman–Crippen LogP) is 1.68. The SMILES string of the molecule is CCCCOCCNC(=O)c1cc(Br)cnc1NN. The number of pyridine rings is 1. The fourth-order valence-electron chi connectivity index (χ4n) is 1.41. The Balaban J connectivity index is 2.43. The van der Waals surface area contributed by atoms with Crippen molar-refractivity contribution in [3.05, 3.63) is 22.3 Å². The predicted molar refractivity (Wildman–Crippen MR) is 77.8 cm³/mol. The van der Waals surface area contributed by atoms with Crippen molar-refractivity contribution in [2.75, 3.05) is 25.2 Å². The third-order valence-electron chi connectivity index (χ3n) is 2.41. The van der Waals surface area contributed by atoms with E-state index in [-0.39, 0.29) is 5.91 Å². The first-order chi connectivity index (χ1) is 9.19. The van der Waals surface area contributed by atoms with E-state index >= 15 is 0 Å². The van der Waals surface area contributed by atoms with E-state index in [0.29, 0.717) is 24.5 Å². The molecule has 1 aromatic heterocycles. The van der Waals surface area contributed by atoms with E-state index in [4.69, 9.17) is 10.6 Å². The Morgan fingerprint density at radius 3 is 3.00 bits per heavy atom. The van der Waals surface area contributed by atoms with Gasteiger partial charge in [0.2, 0.25) is 0 Å². The zero-order chi connectivity index (χ0) is 14.1. The number of carbonyl (C=O) groups excluding carboxylic acids is 1. The number of ether oxygens (including phenoxy) is 1. The summed E-state index contributed by atoms with van der Waals surface area (Å²) >= 11 is 3.27. The second-order valence-corrected chi connectivity index (χ2v) is 4.83. The van der Waals surface area contributed by atoms with E-state index in [1.807, 2.05) is 0 Å². The molecular formula is C12H19BrN4O2. The molecule has 4 N–H and O–H groups in total. The van der Waals surface area contributed by atoms with Crippen molar-refractivity contribution in [3.63, 3.8) is 0 Å². The highest BCUT2D eigenvalue weighted by atomic mass is 79.9. The lowest BCUT2D eigenvalue weighted by Gasteiger charge is -2.09. The van der Waals surface area contributed by atoms with Crippen molar-refractivity contribution in [1.29, 1.82) is 0 Å². The molecule has 0 radical (unpaired) electrons. The number of nitrogens with zero attached hydrogens (tertiary/aromatic N) is 1. The lowest BCUT2D eigenvalue weighted by molar-refractivity contribution is 0.0913. The first-order valence-corrected chi connectivity index (χ1v) is 6.96. The number of amides is 1. The van der Waals surface area contributed by atoms with E-state index in [2.05, 4.69) is 38.6 Å². The Bertz CT molecular complexity index is 415. The molecule has 106 valence electrons. The summed E-state index contributed by atoms with van der Waals surface area (Å²) in [5.41, 5.74) is 2.79. The number of rotatable bonds is 8. The number of hydrogen-bond donors (Lipinski definition) is 3. The van der Waals surface area contributed by atoms with Gasteiger partial charge in [-0.05, 0) is 28.4 Å². The van der Waals surface area contributed by atoms with Crippen molar-refractivity contribution < 1.29 is 9.53 Å². The Morgan fingerprint density at radius 2 is 2.32 bits per heavy atom. The Morgan fingerprint density at radius 1 is 1.53 bits per heavy atom. The fourth-order valence-corrected chi connectivity index (χ4v) is 1.74. The van der Waals surface area contributed by atoms with Gasteiger partial charge in [0.15, 0.2) is 5.82 Å².